The Hall–Kier alpha value is -0.480. The highest BCUT2D eigenvalue weighted by Gasteiger charge is 2.42. The fraction of sp³-hybridized carbons (Fsp3) is 0.571. The fourth-order valence-corrected chi connectivity index (χ4v) is 3.30. The normalized spacial score (nSPS) is 32.6. The van der Waals surface area contributed by atoms with Crippen LogP contribution in [0.25, 0.3) is 0 Å². The predicted octanol–water partition coefficient (Wildman–Crippen LogP) is 4.34. The summed E-state index contributed by atoms with van der Waals surface area (Å²) < 4.78 is 28.5. The molecule has 1 aliphatic rings. The summed E-state index contributed by atoms with van der Waals surface area (Å²) in [5.74, 6) is -0.631. The summed E-state index contributed by atoms with van der Waals surface area (Å²) in [4.78, 5) is 0. The first-order chi connectivity index (χ1) is 8.36. The predicted molar refractivity (Wildman–Crippen MR) is 72.1 cm³/mol. The van der Waals surface area contributed by atoms with Crippen LogP contribution in [0.4, 0.5) is 8.78 Å². The Kier molecular flexibility index (Phi) is 3.79. The number of hydrogen-bond donors (Lipinski definition) is 1. The molecule has 1 nitrogen and oxygen atoms in total. The zero-order valence-corrected chi connectivity index (χ0v) is 12.2. The number of rotatable bonds is 1. The summed E-state index contributed by atoms with van der Waals surface area (Å²) in [7, 11) is 0. The lowest BCUT2D eigenvalue weighted by atomic mass is 9.67. The summed E-state index contributed by atoms with van der Waals surface area (Å²) >= 11 is 3.11. The molecule has 1 aromatic rings. The van der Waals surface area contributed by atoms with Crippen molar-refractivity contribution in [2.75, 3.05) is 0 Å². The van der Waals surface area contributed by atoms with E-state index in [2.05, 4.69) is 22.9 Å². The van der Waals surface area contributed by atoms with Gasteiger partial charge in [0.2, 0.25) is 0 Å². The van der Waals surface area contributed by atoms with Crippen molar-refractivity contribution in [1.29, 1.82) is 0 Å². The van der Waals surface area contributed by atoms with Gasteiger partial charge in [-0.15, -0.1) is 0 Å². The van der Waals surface area contributed by atoms with Crippen molar-refractivity contribution in [2.24, 2.45) is 17.6 Å². The van der Waals surface area contributed by atoms with Gasteiger partial charge < -0.3 is 5.73 Å². The van der Waals surface area contributed by atoms with Gasteiger partial charge in [0.1, 0.15) is 11.6 Å². The van der Waals surface area contributed by atoms with Crippen LogP contribution >= 0.6 is 15.9 Å². The molecule has 0 aliphatic heterocycles. The third-order valence-corrected chi connectivity index (χ3v) is 4.78. The fourth-order valence-electron chi connectivity index (χ4n) is 2.97. The minimum absolute atomic E-state index is 0.0379. The first kappa shape index (κ1) is 13.9. The van der Waals surface area contributed by atoms with E-state index in [0.717, 1.165) is 12.8 Å². The van der Waals surface area contributed by atoms with Crippen molar-refractivity contribution < 1.29 is 8.78 Å². The highest BCUT2D eigenvalue weighted by molar-refractivity contribution is 9.10. The van der Waals surface area contributed by atoms with E-state index < -0.39 is 17.2 Å². The Morgan fingerprint density at radius 2 is 1.94 bits per heavy atom. The van der Waals surface area contributed by atoms with E-state index in [4.69, 9.17) is 5.73 Å². The maximum atomic E-state index is 14.2. The van der Waals surface area contributed by atoms with Gasteiger partial charge in [-0.2, -0.15) is 0 Å². The van der Waals surface area contributed by atoms with E-state index in [1.165, 1.54) is 12.1 Å². The minimum atomic E-state index is -0.907. The molecule has 1 saturated carbocycles. The van der Waals surface area contributed by atoms with Crippen molar-refractivity contribution >= 4 is 15.9 Å². The van der Waals surface area contributed by atoms with Gasteiger partial charge in [0.05, 0.1) is 4.47 Å². The zero-order valence-electron chi connectivity index (χ0n) is 10.6. The highest BCUT2D eigenvalue weighted by atomic mass is 79.9. The van der Waals surface area contributed by atoms with Gasteiger partial charge in [0.25, 0.3) is 0 Å². The molecule has 0 spiro atoms. The Morgan fingerprint density at radius 3 is 2.61 bits per heavy atom. The van der Waals surface area contributed by atoms with Gasteiger partial charge in [-0.3, -0.25) is 0 Å². The zero-order chi connectivity index (χ0) is 13.5. The summed E-state index contributed by atoms with van der Waals surface area (Å²) in [5, 5.41) is 0. The molecule has 0 aromatic heterocycles. The summed E-state index contributed by atoms with van der Waals surface area (Å²) in [6.45, 7) is 4.06. The number of hydrogen-bond acceptors (Lipinski definition) is 1. The van der Waals surface area contributed by atoms with Crippen molar-refractivity contribution in [3.05, 3.63) is 33.8 Å². The molecular formula is C14H18BrF2N. The van der Waals surface area contributed by atoms with E-state index in [9.17, 15) is 8.78 Å². The van der Waals surface area contributed by atoms with Crippen molar-refractivity contribution in [2.45, 2.75) is 38.6 Å². The molecule has 2 N–H and O–H groups in total. The third-order valence-electron chi connectivity index (χ3n) is 4.17. The largest absolute Gasteiger partial charge is 0.321 e. The summed E-state index contributed by atoms with van der Waals surface area (Å²) in [6, 6.07) is 2.66. The van der Waals surface area contributed by atoms with Crippen LogP contribution in [0.5, 0.6) is 0 Å². The van der Waals surface area contributed by atoms with Crippen LogP contribution in [0.3, 0.4) is 0 Å². The Labute approximate surface area is 115 Å². The second-order valence-electron chi connectivity index (χ2n) is 5.55. The molecule has 3 unspecified atom stereocenters. The Morgan fingerprint density at radius 1 is 1.28 bits per heavy atom. The smallest absolute Gasteiger partial charge is 0.145 e. The molecule has 2 rings (SSSR count). The molecule has 3 atom stereocenters. The number of halogens is 3. The maximum absolute atomic E-state index is 14.2. The van der Waals surface area contributed by atoms with Gasteiger partial charge in [-0.1, -0.05) is 20.3 Å². The monoisotopic (exact) mass is 317 g/mol. The molecule has 1 aromatic carbocycles. The minimum Gasteiger partial charge on any atom is -0.321 e. The second-order valence-corrected chi connectivity index (χ2v) is 6.40. The van der Waals surface area contributed by atoms with Gasteiger partial charge in [-0.25, -0.2) is 8.78 Å². The van der Waals surface area contributed by atoms with E-state index in [1.807, 2.05) is 6.92 Å². The van der Waals surface area contributed by atoms with Crippen LogP contribution in [0.15, 0.2) is 16.6 Å². The van der Waals surface area contributed by atoms with Crippen molar-refractivity contribution in [1.82, 2.24) is 0 Å². The van der Waals surface area contributed by atoms with Crippen LogP contribution in [0.2, 0.25) is 0 Å². The van der Waals surface area contributed by atoms with Gasteiger partial charge in [-0.05, 0) is 52.7 Å². The average molecular weight is 318 g/mol. The Bertz CT molecular complexity index is 463. The van der Waals surface area contributed by atoms with E-state index >= 15 is 0 Å². The summed E-state index contributed by atoms with van der Waals surface area (Å²) in [5.41, 5.74) is 5.51. The van der Waals surface area contributed by atoms with Gasteiger partial charge >= 0.3 is 0 Å². The molecule has 1 fully saturated rings. The maximum Gasteiger partial charge on any atom is 0.145 e. The van der Waals surface area contributed by atoms with Gasteiger partial charge in [0.15, 0.2) is 0 Å². The second kappa shape index (κ2) is 4.89. The molecule has 0 amide bonds. The average Bonchev–Trinajstić information content (AvgIpc) is 2.30. The molecule has 18 heavy (non-hydrogen) atoms. The van der Waals surface area contributed by atoms with Gasteiger partial charge in [0, 0.05) is 11.1 Å². The SMILES string of the molecule is CC1CCC(C)C(N)(c2c(F)ccc(Br)c2F)C1. The molecular weight excluding hydrogens is 300 g/mol. The van der Waals surface area contributed by atoms with Crippen LogP contribution in [-0.4, -0.2) is 0 Å². The highest BCUT2D eigenvalue weighted by Crippen LogP contribution is 2.44. The molecule has 0 bridgehead atoms. The van der Waals surface area contributed by atoms with Crippen LogP contribution in [0, 0.1) is 23.5 Å². The molecule has 4 heteroatoms. The first-order valence-corrected chi connectivity index (χ1v) is 7.08. The van der Waals surface area contributed by atoms with E-state index in [1.54, 1.807) is 0 Å². The molecule has 0 heterocycles. The van der Waals surface area contributed by atoms with Crippen molar-refractivity contribution in [3.63, 3.8) is 0 Å². The van der Waals surface area contributed by atoms with Crippen molar-refractivity contribution in [3.8, 4) is 0 Å². The molecule has 0 saturated heterocycles. The lowest BCUT2D eigenvalue weighted by Gasteiger charge is -2.43. The van der Waals surface area contributed by atoms with Crippen LogP contribution < -0.4 is 5.73 Å². The quantitative estimate of drug-likeness (QED) is 0.766. The Balaban J connectivity index is 2.55. The molecule has 0 radical (unpaired) electrons. The topological polar surface area (TPSA) is 26.0 Å². The lowest BCUT2D eigenvalue weighted by molar-refractivity contribution is 0.152. The van der Waals surface area contributed by atoms with E-state index in [-0.39, 0.29) is 16.0 Å². The van der Waals surface area contributed by atoms with Crippen LogP contribution in [-0.2, 0) is 5.54 Å². The lowest BCUT2D eigenvalue weighted by Crippen LogP contribution is -2.48. The first-order valence-electron chi connectivity index (χ1n) is 6.29. The standard InChI is InChI=1S/C14H18BrF2N/c1-8-3-4-9(2)14(18,7-8)12-11(16)6-5-10(15)13(12)17/h5-6,8-9H,3-4,7,18H2,1-2H3. The van der Waals surface area contributed by atoms with E-state index in [0.29, 0.717) is 12.3 Å². The summed E-state index contributed by atoms with van der Waals surface area (Å²) in [6.07, 6.45) is 2.60. The van der Waals surface area contributed by atoms with Crippen LogP contribution in [0.1, 0.15) is 38.7 Å². The molecule has 100 valence electrons. The third kappa shape index (κ3) is 2.21. The number of benzene rings is 1. The molecule has 1 aliphatic carbocycles. The number of nitrogens with two attached hydrogens (primary N) is 1.